The zero-order valence-electron chi connectivity index (χ0n) is 16.4. The molecule has 0 N–H and O–H groups in total. The van der Waals surface area contributed by atoms with Crippen molar-refractivity contribution in [1.29, 1.82) is 0 Å². The predicted molar refractivity (Wildman–Crippen MR) is 114 cm³/mol. The van der Waals surface area contributed by atoms with Crippen molar-refractivity contribution in [2.24, 2.45) is 0 Å². The zero-order valence-corrected chi connectivity index (χ0v) is 17.2. The minimum Gasteiger partial charge on any atom is -0.481 e. The van der Waals surface area contributed by atoms with Crippen LogP contribution in [0.5, 0.6) is 5.06 Å². The van der Waals surface area contributed by atoms with Crippen LogP contribution in [0.1, 0.15) is 31.7 Å². The van der Waals surface area contributed by atoms with Crippen LogP contribution < -0.4 is 4.74 Å². The molecule has 2 heterocycles. The molecular formula is C24H24F2O2S. The average Bonchev–Trinajstić information content (AvgIpc) is 3.20. The van der Waals surface area contributed by atoms with Gasteiger partial charge in [0.05, 0.1) is 13.2 Å². The molecular weight excluding hydrogens is 390 g/mol. The summed E-state index contributed by atoms with van der Waals surface area (Å²) in [6.07, 6.45) is 3.85. The van der Waals surface area contributed by atoms with E-state index in [4.69, 9.17) is 9.47 Å². The molecule has 2 nitrogen and oxygen atoms in total. The Morgan fingerprint density at radius 1 is 0.931 bits per heavy atom. The first-order valence-corrected chi connectivity index (χ1v) is 10.9. The third kappa shape index (κ3) is 4.51. The first-order valence-electron chi connectivity index (χ1n) is 10.1. The summed E-state index contributed by atoms with van der Waals surface area (Å²) in [5.41, 5.74) is 2.43. The Morgan fingerprint density at radius 3 is 2.34 bits per heavy atom. The topological polar surface area (TPSA) is 18.5 Å². The molecule has 2 aromatic carbocycles. The molecule has 4 rings (SSSR count). The third-order valence-electron chi connectivity index (χ3n) is 5.18. The summed E-state index contributed by atoms with van der Waals surface area (Å²) in [5.74, 6) is -1.63. The van der Waals surface area contributed by atoms with Crippen LogP contribution in [0.25, 0.3) is 21.6 Å². The Morgan fingerprint density at radius 2 is 1.62 bits per heavy atom. The highest BCUT2D eigenvalue weighted by molar-refractivity contribution is 7.17. The molecule has 0 spiro atoms. The van der Waals surface area contributed by atoms with Gasteiger partial charge in [0.15, 0.2) is 16.7 Å². The summed E-state index contributed by atoms with van der Waals surface area (Å²) in [6, 6.07) is 14.6. The third-order valence-corrected chi connectivity index (χ3v) is 6.19. The highest BCUT2D eigenvalue weighted by Crippen LogP contribution is 2.38. The summed E-state index contributed by atoms with van der Waals surface area (Å²) in [6.45, 7) is 3.51. The molecule has 1 aliphatic heterocycles. The smallest absolute Gasteiger partial charge is 0.174 e. The fourth-order valence-electron chi connectivity index (χ4n) is 3.59. The number of thiophene rings is 1. The minimum absolute atomic E-state index is 0.120. The fourth-order valence-corrected chi connectivity index (χ4v) is 4.53. The van der Waals surface area contributed by atoms with Gasteiger partial charge < -0.3 is 9.47 Å². The highest BCUT2D eigenvalue weighted by atomic mass is 32.1. The molecule has 0 unspecified atom stereocenters. The second-order valence-corrected chi connectivity index (χ2v) is 8.33. The van der Waals surface area contributed by atoms with Gasteiger partial charge in [-0.1, -0.05) is 55.0 Å². The van der Waals surface area contributed by atoms with E-state index >= 15 is 0 Å². The van der Waals surface area contributed by atoms with E-state index in [2.05, 4.69) is 6.92 Å². The Hall–Kier alpha value is -2.24. The van der Waals surface area contributed by atoms with Gasteiger partial charge in [0.25, 0.3) is 0 Å². The van der Waals surface area contributed by atoms with E-state index in [1.807, 2.05) is 30.3 Å². The summed E-state index contributed by atoms with van der Waals surface area (Å²) >= 11 is 1.34. The van der Waals surface area contributed by atoms with Gasteiger partial charge in [-0.25, -0.2) is 8.78 Å². The van der Waals surface area contributed by atoms with Crippen LogP contribution in [0.4, 0.5) is 8.78 Å². The van der Waals surface area contributed by atoms with E-state index in [1.54, 1.807) is 18.2 Å². The maximum absolute atomic E-state index is 14.9. The maximum atomic E-state index is 14.9. The molecule has 0 amide bonds. The SMILES string of the molecule is CCCc1ccc(-c2ccc(-c3ccc(OC4CCOCC4)s3)c(F)c2F)cc1. The first-order chi connectivity index (χ1) is 14.2. The molecule has 1 aromatic heterocycles. The van der Waals surface area contributed by atoms with E-state index in [0.29, 0.717) is 23.7 Å². The van der Waals surface area contributed by atoms with E-state index in [9.17, 15) is 8.78 Å². The molecule has 1 saturated heterocycles. The molecule has 1 fully saturated rings. The number of rotatable bonds is 6. The molecule has 0 radical (unpaired) electrons. The van der Waals surface area contributed by atoms with E-state index in [1.165, 1.54) is 16.9 Å². The Kier molecular flexibility index (Phi) is 6.26. The van der Waals surface area contributed by atoms with Gasteiger partial charge >= 0.3 is 0 Å². The van der Waals surface area contributed by atoms with Crippen molar-refractivity contribution in [1.82, 2.24) is 0 Å². The van der Waals surface area contributed by atoms with Crippen LogP contribution in [0.2, 0.25) is 0 Å². The minimum atomic E-state index is -0.820. The number of aryl methyl sites for hydroxylation is 1. The Balaban J connectivity index is 1.55. The average molecular weight is 415 g/mol. The highest BCUT2D eigenvalue weighted by Gasteiger charge is 2.19. The van der Waals surface area contributed by atoms with Crippen LogP contribution in [0.15, 0.2) is 48.5 Å². The van der Waals surface area contributed by atoms with E-state index in [0.717, 1.165) is 30.7 Å². The van der Waals surface area contributed by atoms with Crippen molar-refractivity contribution < 1.29 is 18.3 Å². The molecule has 0 bridgehead atoms. The second-order valence-electron chi connectivity index (χ2n) is 7.28. The second kappa shape index (κ2) is 9.06. The van der Waals surface area contributed by atoms with Gasteiger partial charge in [0.2, 0.25) is 0 Å². The van der Waals surface area contributed by atoms with Gasteiger partial charge in [-0.2, -0.15) is 0 Å². The van der Waals surface area contributed by atoms with Crippen molar-refractivity contribution in [2.45, 2.75) is 38.7 Å². The Labute approximate surface area is 174 Å². The summed E-state index contributed by atoms with van der Waals surface area (Å²) in [7, 11) is 0. The molecule has 3 aromatic rings. The number of hydrogen-bond donors (Lipinski definition) is 0. The lowest BCUT2D eigenvalue weighted by atomic mass is 10.00. The van der Waals surface area contributed by atoms with Crippen LogP contribution in [-0.4, -0.2) is 19.3 Å². The molecule has 0 saturated carbocycles. The van der Waals surface area contributed by atoms with Gasteiger partial charge in [-0.05, 0) is 35.7 Å². The van der Waals surface area contributed by atoms with Gasteiger partial charge in [0.1, 0.15) is 6.10 Å². The molecule has 0 aliphatic carbocycles. The van der Waals surface area contributed by atoms with Crippen molar-refractivity contribution in [3.63, 3.8) is 0 Å². The lowest BCUT2D eigenvalue weighted by Crippen LogP contribution is -2.25. The van der Waals surface area contributed by atoms with Crippen molar-refractivity contribution in [2.75, 3.05) is 13.2 Å². The van der Waals surface area contributed by atoms with Crippen molar-refractivity contribution in [3.8, 4) is 26.6 Å². The van der Waals surface area contributed by atoms with Gasteiger partial charge in [-0.15, -0.1) is 0 Å². The molecule has 1 aliphatic rings. The Bertz CT molecular complexity index is 960. The van der Waals surface area contributed by atoms with Crippen LogP contribution in [-0.2, 0) is 11.2 Å². The van der Waals surface area contributed by atoms with E-state index < -0.39 is 11.6 Å². The van der Waals surface area contributed by atoms with Gasteiger partial charge in [0, 0.05) is 28.8 Å². The predicted octanol–water partition coefficient (Wildman–Crippen LogP) is 6.87. The number of hydrogen-bond acceptors (Lipinski definition) is 3. The maximum Gasteiger partial charge on any atom is 0.174 e. The summed E-state index contributed by atoms with van der Waals surface area (Å²) in [4.78, 5) is 0.660. The largest absolute Gasteiger partial charge is 0.481 e. The lowest BCUT2D eigenvalue weighted by Gasteiger charge is -2.22. The molecule has 0 atom stereocenters. The normalized spacial score (nSPS) is 14.9. The zero-order chi connectivity index (χ0) is 20.2. The summed E-state index contributed by atoms with van der Waals surface area (Å²) < 4.78 is 41.0. The van der Waals surface area contributed by atoms with Crippen LogP contribution in [0, 0.1) is 11.6 Å². The molecule has 152 valence electrons. The monoisotopic (exact) mass is 414 g/mol. The molecule has 29 heavy (non-hydrogen) atoms. The van der Waals surface area contributed by atoms with Gasteiger partial charge in [-0.3, -0.25) is 0 Å². The quantitative estimate of drug-likeness (QED) is 0.438. The fraction of sp³-hybridized carbons (Fsp3) is 0.333. The standard InChI is InChI=1S/C24H24F2O2S/c1-2-3-16-4-6-17(7-5-16)19-8-9-20(24(26)23(19)25)21-10-11-22(29-21)28-18-12-14-27-15-13-18/h4-11,18H,2-3,12-15H2,1H3. The van der Waals surface area contributed by atoms with Crippen LogP contribution in [0.3, 0.4) is 0 Å². The first kappa shape index (κ1) is 20.0. The van der Waals surface area contributed by atoms with Crippen LogP contribution >= 0.6 is 11.3 Å². The number of benzene rings is 2. The number of halogens is 2. The molecule has 5 heteroatoms. The van der Waals surface area contributed by atoms with E-state index in [-0.39, 0.29) is 17.2 Å². The van der Waals surface area contributed by atoms with Crippen molar-refractivity contribution >= 4 is 11.3 Å². The lowest BCUT2D eigenvalue weighted by molar-refractivity contribution is 0.0271. The van der Waals surface area contributed by atoms with Crippen molar-refractivity contribution in [3.05, 3.63) is 65.7 Å². The number of ether oxygens (including phenoxy) is 2. The summed E-state index contributed by atoms with van der Waals surface area (Å²) in [5, 5.41) is 0.724.